The summed E-state index contributed by atoms with van der Waals surface area (Å²) in [6.07, 6.45) is 3.65. The number of aromatic nitrogens is 2. The van der Waals surface area contributed by atoms with Crippen LogP contribution in [0.1, 0.15) is 29.9 Å². The second kappa shape index (κ2) is 6.71. The smallest absolute Gasteiger partial charge is 0.274 e. The molecule has 5 heteroatoms. The molecule has 2 rings (SSSR count). The van der Waals surface area contributed by atoms with Gasteiger partial charge in [0.1, 0.15) is 11.4 Å². The van der Waals surface area contributed by atoms with E-state index in [0.717, 1.165) is 22.7 Å². The van der Waals surface area contributed by atoms with Crippen molar-refractivity contribution in [1.29, 1.82) is 0 Å². The molecule has 0 aliphatic heterocycles. The standard InChI is InChI=1S/C16H22N3OSi/c1-12(17-10-15-13(2)19(3)11-18-15)14-8-6-7-9-16(14)20-21(4)5/h6-12H,1-5H3. The summed E-state index contributed by atoms with van der Waals surface area (Å²) in [5.41, 5.74) is 3.15. The van der Waals surface area contributed by atoms with E-state index in [0.29, 0.717) is 0 Å². The molecule has 1 aromatic heterocycles. The van der Waals surface area contributed by atoms with Crippen LogP contribution < -0.4 is 4.43 Å². The van der Waals surface area contributed by atoms with Gasteiger partial charge in [0, 0.05) is 24.5 Å². The van der Waals surface area contributed by atoms with Crippen molar-refractivity contribution in [3.63, 3.8) is 0 Å². The van der Waals surface area contributed by atoms with Gasteiger partial charge < -0.3 is 8.99 Å². The van der Waals surface area contributed by atoms with Crippen LogP contribution in [0.5, 0.6) is 5.75 Å². The van der Waals surface area contributed by atoms with Crippen LogP contribution in [0.4, 0.5) is 0 Å². The van der Waals surface area contributed by atoms with E-state index in [1.807, 2.05) is 43.0 Å². The predicted molar refractivity (Wildman–Crippen MR) is 88.5 cm³/mol. The Labute approximate surface area is 128 Å². The maximum absolute atomic E-state index is 5.95. The van der Waals surface area contributed by atoms with E-state index in [1.54, 1.807) is 6.33 Å². The summed E-state index contributed by atoms with van der Waals surface area (Å²) in [6, 6.07) is 8.17. The summed E-state index contributed by atoms with van der Waals surface area (Å²) in [7, 11) is 1.21. The van der Waals surface area contributed by atoms with Gasteiger partial charge in [0.2, 0.25) is 0 Å². The Morgan fingerprint density at radius 3 is 2.67 bits per heavy atom. The molecule has 21 heavy (non-hydrogen) atoms. The number of imidazole rings is 1. The molecule has 0 fully saturated rings. The second-order valence-corrected chi connectivity index (χ2v) is 7.35. The highest BCUT2D eigenvalue weighted by molar-refractivity contribution is 6.49. The number of rotatable bonds is 5. The Hall–Kier alpha value is -1.88. The third kappa shape index (κ3) is 3.82. The average Bonchev–Trinajstić information content (AvgIpc) is 2.76. The zero-order valence-electron chi connectivity index (χ0n) is 13.3. The Balaban J connectivity index is 2.20. The highest BCUT2D eigenvalue weighted by Gasteiger charge is 2.11. The Bertz CT molecular complexity index is 634. The highest BCUT2D eigenvalue weighted by Crippen LogP contribution is 2.27. The van der Waals surface area contributed by atoms with E-state index < -0.39 is 9.04 Å². The minimum absolute atomic E-state index is 0.0453. The quantitative estimate of drug-likeness (QED) is 0.626. The van der Waals surface area contributed by atoms with Crippen molar-refractivity contribution >= 4 is 15.3 Å². The summed E-state index contributed by atoms with van der Waals surface area (Å²) in [5.74, 6) is 0.943. The lowest BCUT2D eigenvalue weighted by Crippen LogP contribution is -2.13. The van der Waals surface area contributed by atoms with Gasteiger partial charge >= 0.3 is 0 Å². The highest BCUT2D eigenvalue weighted by atomic mass is 28.3. The Morgan fingerprint density at radius 1 is 1.33 bits per heavy atom. The van der Waals surface area contributed by atoms with Gasteiger partial charge in [-0.25, -0.2) is 4.98 Å². The molecule has 0 bridgehead atoms. The number of aryl methyl sites for hydroxylation is 1. The molecule has 1 heterocycles. The van der Waals surface area contributed by atoms with Crippen LogP contribution in [0.2, 0.25) is 13.1 Å². The molecular weight excluding hydrogens is 278 g/mol. The molecule has 0 aliphatic rings. The first-order valence-corrected chi connectivity index (χ1v) is 9.48. The molecule has 4 nitrogen and oxygen atoms in total. The van der Waals surface area contributed by atoms with Crippen LogP contribution in [0.3, 0.4) is 0 Å². The molecule has 0 N–H and O–H groups in total. The van der Waals surface area contributed by atoms with E-state index in [1.165, 1.54) is 0 Å². The summed E-state index contributed by atoms with van der Waals surface area (Å²) >= 11 is 0. The van der Waals surface area contributed by atoms with E-state index in [-0.39, 0.29) is 6.04 Å². The maximum atomic E-state index is 5.95. The predicted octanol–water partition coefficient (Wildman–Crippen LogP) is 3.54. The molecule has 1 atom stereocenters. The van der Waals surface area contributed by atoms with Gasteiger partial charge in [0.05, 0.1) is 12.4 Å². The zero-order valence-corrected chi connectivity index (χ0v) is 14.3. The first kappa shape index (κ1) is 15.5. The van der Waals surface area contributed by atoms with Crippen LogP contribution in [0, 0.1) is 6.92 Å². The molecule has 1 unspecified atom stereocenters. The fraction of sp³-hybridized carbons (Fsp3) is 0.375. The zero-order chi connectivity index (χ0) is 15.4. The topological polar surface area (TPSA) is 39.4 Å². The molecule has 0 amide bonds. The molecule has 1 radical (unpaired) electrons. The number of benzene rings is 1. The Kier molecular flexibility index (Phi) is 4.96. The fourth-order valence-corrected chi connectivity index (χ4v) is 2.66. The summed E-state index contributed by atoms with van der Waals surface area (Å²) in [5, 5.41) is 0. The number of para-hydroxylation sites is 1. The summed E-state index contributed by atoms with van der Waals surface area (Å²) in [4.78, 5) is 8.98. The van der Waals surface area contributed by atoms with Crippen LogP contribution in [0.15, 0.2) is 35.6 Å². The number of hydrogen-bond acceptors (Lipinski definition) is 3. The third-order valence-electron chi connectivity index (χ3n) is 3.37. The van der Waals surface area contributed by atoms with Crippen LogP contribution >= 0.6 is 0 Å². The molecule has 111 valence electrons. The lowest BCUT2D eigenvalue weighted by Gasteiger charge is -2.15. The van der Waals surface area contributed by atoms with Gasteiger partial charge in [0.15, 0.2) is 0 Å². The number of nitrogens with zero attached hydrogens (tertiary/aromatic N) is 3. The molecule has 0 saturated heterocycles. The molecule has 2 aromatic rings. The van der Waals surface area contributed by atoms with Crippen LogP contribution in [-0.2, 0) is 7.05 Å². The average molecular weight is 300 g/mol. The SMILES string of the molecule is Cc1c(C=NC(C)c2ccccc2O[Si](C)C)ncn1C. The molecule has 1 aromatic carbocycles. The fourth-order valence-electron chi connectivity index (χ4n) is 2.04. The number of aliphatic imine (C=N–C) groups is 1. The normalized spacial score (nSPS) is 13.0. The van der Waals surface area contributed by atoms with Crippen molar-refractivity contribution in [2.45, 2.75) is 33.0 Å². The molecular formula is C16H22N3OSi. The maximum Gasteiger partial charge on any atom is 0.274 e. The lowest BCUT2D eigenvalue weighted by atomic mass is 10.1. The molecule has 0 aliphatic carbocycles. The molecule has 0 spiro atoms. The monoisotopic (exact) mass is 300 g/mol. The first-order valence-electron chi connectivity index (χ1n) is 7.07. The molecule has 0 saturated carbocycles. The van der Waals surface area contributed by atoms with Crippen LogP contribution in [0.25, 0.3) is 0 Å². The van der Waals surface area contributed by atoms with E-state index >= 15 is 0 Å². The van der Waals surface area contributed by atoms with Crippen molar-refractivity contribution < 1.29 is 4.43 Å². The van der Waals surface area contributed by atoms with Gasteiger partial charge in [-0.05, 0) is 33.0 Å². The van der Waals surface area contributed by atoms with Gasteiger partial charge in [-0.2, -0.15) is 0 Å². The first-order chi connectivity index (χ1) is 9.99. The second-order valence-electron chi connectivity index (χ2n) is 5.33. The minimum atomic E-state index is -0.779. The van der Waals surface area contributed by atoms with E-state index in [2.05, 4.69) is 36.1 Å². The van der Waals surface area contributed by atoms with Crippen molar-refractivity contribution in [2.24, 2.45) is 12.0 Å². The third-order valence-corrected chi connectivity index (χ3v) is 4.00. The van der Waals surface area contributed by atoms with Crippen molar-refractivity contribution in [2.75, 3.05) is 0 Å². The van der Waals surface area contributed by atoms with Crippen LogP contribution in [-0.4, -0.2) is 24.8 Å². The van der Waals surface area contributed by atoms with Gasteiger partial charge in [0.25, 0.3) is 9.04 Å². The van der Waals surface area contributed by atoms with Crippen molar-refractivity contribution in [1.82, 2.24) is 9.55 Å². The van der Waals surface area contributed by atoms with Gasteiger partial charge in [-0.15, -0.1) is 0 Å². The Morgan fingerprint density at radius 2 is 2.05 bits per heavy atom. The van der Waals surface area contributed by atoms with E-state index in [9.17, 15) is 0 Å². The van der Waals surface area contributed by atoms with Crippen molar-refractivity contribution in [3.05, 3.63) is 47.5 Å². The van der Waals surface area contributed by atoms with Crippen molar-refractivity contribution in [3.8, 4) is 5.75 Å². The largest absolute Gasteiger partial charge is 0.542 e. The summed E-state index contributed by atoms with van der Waals surface area (Å²) in [6.45, 7) is 8.38. The number of hydrogen-bond donors (Lipinski definition) is 0. The van der Waals surface area contributed by atoms with Gasteiger partial charge in [-0.1, -0.05) is 18.2 Å². The minimum Gasteiger partial charge on any atom is -0.542 e. The van der Waals surface area contributed by atoms with Gasteiger partial charge in [-0.3, -0.25) is 4.99 Å². The lowest BCUT2D eigenvalue weighted by molar-refractivity contribution is 0.564. The van der Waals surface area contributed by atoms with E-state index in [4.69, 9.17) is 4.43 Å². The summed E-state index contributed by atoms with van der Waals surface area (Å²) < 4.78 is 7.95.